The van der Waals surface area contributed by atoms with Crippen molar-refractivity contribution in [3.8, 4) is 0 Å². The van der Waals surface area contributed by atoms with E-state index in [4.69, 9.17) is 5.11 Å². The van der Waals surface area contributed by atoms with Crippen LogP contribution < -0.4 is 5.32 Å². The SMILES string of the molecule is CC(C)(C)C(CCO)NCc1cc(Br)cc([N+](=O)[O-])c1. The maximum atomic E-state index is 10.8. The Bertz CT molecular complexity index is 472. The van der Waals surface area contributed by atoms with Crippen molar-refractivity contribution in [2.45, 2.75) is 39.8 Å². The zero-order chi connectivity index (χ0) is 15.3. The van der Waals surface area contributed by atoms with Gasteiger partial charge in [0.2, 0.25) is 0 Å². The molecule has 0 amide bonds. The summed E-state index contributed by atoms with van der Waals surface area (Å²) >= 11 is 3.29. The molecule has 0 aliphatic rings. The molecule has 6 heteroatoms. The predicted molar refractivity (Wildman–Crippen MR) is 82.6 cm³/mol. The van der Waals surface area contributed by atoms with Gasteiger partial charge < -0.3 is 10.4 Å². The number of nitro groups is 1. The first-order valence-corrected chi connectivity index (χ1v) is 7.31. The number of hydrogen-bond donors (Lipinski definition) is 2. The summed E-state index contributed by atoms with van der Waals surface area (Å²) in [6.45, 7) is 6.95. The van der Waals surface area contributed by atoms with Crippen LogP contribution in [0, 0.1) is 15.5 Å². The summed E-state index contributed by atoms with van der Waals surface area (Å²) in [5.74, 6) is 0. The lowest BCUT2D eigenvalue weighted by Gasteiger charge is -2.31. The Hall–Kier alpha value is -0.980. The topological polar surface area (TPSA) is 75.4 Å². The summed E-state index contributed by atoms with van der Waals surface area (Å²) in [4.78, 5) is 10.4. The van der Waals surface area contributed by atoms with Crippen LogP contribution in [0.1, 0.15) is 32.8 Å². The summed E-state index contributed by atoms with van der Waals surface area (Å²) < 4.78 is 0.693. The highest BCUT2D eigenvalue weighted by Crippen LogP contribution is 2.24. The second-order valence-corrected chi connectivity index (χ2v) is 6.80. The minimum atomic E-state index is -0.400. The lowest BCUT2D eigenvalue weighted by Crippen LogP contribution is -2.40. The van der Waals surface area contributed by atoms with Gasteiger partial charge >= 0.3 is 0 Å². The van der Waals surface area contributed by atoms with Crippen LogP contribution in [0.5, 0.6) is 0 Å². The molecule has 112 valence electrons. The Balaban J connectivity index is 2.80. The third-order valence-corrected chi connectivity index (χ3v) is 3.63. The number of non-ortho nitro benzene ring substituents is 1. The van der Waals surface area contributed by atoms with Gasteiger partial charge in [-0.25, -0.2) is 0 Å². The number of benzene rings is 1. The zero-order valence-electron chi connectivity index (χ0n) is 12.0. The third-order valence-electron chi connectivity index (χ3n) is 3.17. The average molecular weight is 345 g/mol. The van der Waals surface area contributed by atoms with Crippen molar-refractivity contribution < 1.29 is 10.0 Å². The maximum absolute atomic E-state index is 10.8. The van der Waals surface area contributed by atoms with Crippen molar-refractivity contribution in [2.75, 3.05) is 6.61 Å². The van der Waals surface area contributed by atoms with Gasteiger partial charge in [-0.1, -0.05) is 36.7 Å². The number of nitrogens with zero attached hydrogens (tertiary/aromatic N) is 1. The van der Waals surface area contributed by atoms with Gasteiger partial charge in [-0.15, -0.1) is 0 Å². The van der Waals surface area contributed by atoms with Gasteiger partial charge in [0.05, 0.1) is 4.92 Å². The molecule has 0 fully saturated rings. The van der Waals surface area contributed by atoms with Crippen LogP contribution in [-0.4, -0.2) is 22.7 Å². The third kappa shape index (κ3) is 5.19. The molecule has 0 saturated carbocycles. The Kier molecular flexibility index (Phi) is 6.10. The number of hydrogen-bond acceptors (Lipinski definition) is 4. The molecule has 2 N–H and O–H groups in total. The van der Waals surface area contributed by atoms with Crippen LogP contribution in [0.25, 0.3) is 0 Å². The van der Waals surface area contributed by atoms with E-state index in [-0.39, 0.29) is 23.8 Å². The highest BCUT2D eigenvalue weighted by atomic mass is 79.9. The molecule has 0 aromatic heterocycles. The molecule has 1 aromatic carbocycles. The van der Waals surface area contributed by atoms with Crippen molar-refractivity contribution in [1.29, 1.82) is 0 Å². The predicted octanol–water partition coefficient (Wildman–Crippen LogP) is 3.24. The Labute approximate surface area is 127 Å². The van der Waals surface area contributed by atoms with Gasteiger partial charge in [0, 0.05) is 35.8 Å². The second-order valence-electron chi connectivity index (χ2n) is 5.89. The molecule has 0 bridgehead atoms. The Morgan fingerprint density at radius 1 is 1.40 bits per heavy atom. The quantitative estimate of drug-likeness (QED) is 0.613. The van der Waals surface area contributed by atoms with Crippen LogP contribution in [0.4, 0.5) is 5.69 Å². The first kappa shape index (κ1) is 17.1. The van der Waals surface area contributed by atoms with Crippen LogP contribution >= 0.6 is 15.9 Å². The van der Waals surface area contributed by atoms with E-state index in [0.717, 1.165) is 5.56 Å². The van der Waals surface area contributed by atoms with E-state index in [1.807, 2.05) is 6.07 Å². The molecule has 1 atom stereocenters. The van der Waals surface area contributed by atoms with Crippen molar-refractivity contribution in [1.82, 2.24) is 5.32 Å². The van der Waals surface area contributed by atoms with E-state index in [2.05, 4.69) is 42.0 Å². The Morgan fingerprint density at radius 3 is 2.55 bits per heavy atom. The molecule has 1 aromatic rings. The monoisotopic (exact) mass is 344 g/mol. The lowest BCUT2D eigenvalue weighted by atomic mass is 9.85. The van der Waals surface area contributed by atoms with Gasteiger partial charge in [0.25, 0.3) is 5.69 Å². The van der Waals surface area contributed by atoms with Crippen LogP contribution in [-0.2, 0) is 6.54 Å². The average Bonchev–Trinajstić information content (AvgIpc) is 2.32. The molecular formula is C14H21BrN2O3. The number of halogens is 1. The maximum Gasteiger partial charge on any atom is 0.270 e. The molecule has 20 heavy (non-hydrogen) atoms. The van der Waals surface area contributed by atoms with Crippen LogP contribution in [0.15, 0.2) is 22.7 Å². The smallest absolute Gasteiger partial charge is 0.270 e. The van der Waals surface area contributed by atoms with E-state index < -0.39 is 4.92 Å². The number of rotatable bonds is 6. The minimum Gasteiger partial charge on any atom is -0.396 e. The second kappa shape index (κ2) is 7.15. The fraction of sp³-hybridized carbons (Fsp3) is 0.571. The van der Waals surface area contributed by atoms with Crippen molar-refractivity contribution >= 4 is 21.6 Å². The normalized spacial score (nSPS) is 13.2. The molecular weight excluding hydrogens is 324 g/mol. The summed E-state index contributed by atoms with van der Waals surface area (Å²) in [7, 11) is 0. The van der Waals surface area contributed by atoms with Gasteiger partial charge in [-0.05, 0) is 23.5 Å². The van der Waals surface area contributed by atoms with Crippen molar-refractivity contribution in [2.24, 2.45) is 5.41 Å². The van der Waals surface area contributed by atoms with E-state index in [9.17, 15) is 10.1 Å². The van der Waals surface area contributed by atoms with Crippen molar-refractivity contribution in [3.05, 3.63) is 38.3 Å². The largest absolute Gasteiger partial charge is 0.396 e. The molecule has 1 unspecified atom stereocenters. The van der Waals surface area contributed by atoms with E-state index in [1.54, 1.807) is 6.07 Å². The first-order chi connectivity index (χ1) is 9.24. The molecule has 0 spiro atoms. The van der Waals surface area contributed by atoms with Gasteiger partial charge in [-0.3, -0.25) is 10.1 Å². The van der Waals surface area contributed by atoms with Gasteiger partial charge in [-0.2, -0.15) is 0 Å². The van der Waals surface area contributed by atoms with E-state index >= 15 is 0 Å². The standard InChI is InChI=1S/C14H21BrN2O3/c1-14(2,3)13(4-5-18)16-9-10-6-11(15)8-12(7-10)17(19)20/h6-8,13,16,18H,4-5,9H2,1-3H3. The van der Waals surface area contributed by atoms with Gasteiger partial charge in [0.1, 0.15) is 0 Å². The summed E-state index contributed by atoms with van der Waals surface area (Å²) in [5, 5.41) is 23.3. The number of aliphatic hydroxyl groups is 1. The zero-order valence-corrected chi connectivity index (χ0v) is 13.6. The van der Waals surface area contributed by atoms with Crippen LogP contribution in [0.2, 0.25) is 0 Å². The molecule has 0 heterocycles. The first-order valence-electron chi connectivity index (χ1n) is 6.52. The fourth-order valence-corrected chi connectivity index (χ4v) is 2.58. The van der Waals surface area contributed by atoms with Crippen LogP contribution in [0.3, 0.4) is 0 Å². The molecule has 0 radical (unpaired) electrons. The van der Waals surface area contributed by atoms with E-state index in [1.165, 1.54) is 6.07 Å². The molecule has 5 nitrogen and oxygen atoms in total. The summed E-state index contributed by atoms with van der Waals surface area (Å²) in [6.07, 6.45) is 0.652. The molecule has 0 saturated heterocycles. The highest BCUT2D eigenvalue weighted by molar-refractivity contribution is 9.10. The lowest BCUT2D eigenvalue weighted by molar-refractivity contribution is -0.385. The number of nitro benzene ring substituents is 1. The molecule has 0 aliphatic heterocycles. The number of nitrogens with one attached hydrogen (secondary N) is 1. The van der Waals surface area contributed by atoms with Gasteiger partial charge in [0.15, 0.2) is 0 Å². The number of aliphatic hydroxyl groups excluding tert-OH is 1. The fourth-order valence-electron chi connectivity index (χ4n) is 2.05. The summed E-state index contributed by atoms with van der Waals surface area (Å²) in [5.41, 5.74) is 0.935. The van der Waals surface area contributed by atoms with E-state index in [0.29, 0.717) is 17.4 Å². The Morgan fingerprint density at radius 2 is 2.05 bits per heavy atom. The highest BCUT2D eigenvalue weighted by Gasteiger charge is 2.23. The van der Waals surface area contributed by atoms with Crippen molar-refractivity contribution in [3.63, 3.8) is 0 Å². The summed E-state index contributed by atoms with van der Waals surface area (Å²) in [6, 6.07) is 5.05. The minimum absolute atomic E-state index is 0.0146. The molecule has 1 rings (SSSR count). The molecule has 0 aliphatic carbocycles.